The largest absolute Gasteiger partial charge is 0.291 e. The van der Waals surface area contributed by atoms with E-state index in [1.165, 1.54) is 12.8 Å². The van der Waals surface area contributed by atoms with Crippen molar-refractivity contribution in [1.29, 1.82) is 0 Å². The highest BCUT2D eigenvalue weighted by Crippen LogP contribution is 2.34. The second-order valence-corrected chi connectivity index (χ2v) is 2.70. The van der Waals surface area contributed by atoms with Crippen molar-refractivity contribution in [3.63, 3.8) is 0 Å². The zero-order valence-corrected chi connectivity index (χ0v) is 5.18. The molecule has 45 valence electrons. The summed E-state index contributed by atoms with van der Waals surface area (Å²) in [5.74, 6) is 1.05. The predicted molar refractivity (Wildman–Crippen MR) is 32.2 cm³/mol. The van der Waals surface area contributed by atoms with Gasteiger partial charge in [0.1, 0.15) is 0 Å². The molecule has 1 aliphatic rings. The van der Waals surface area contributed by atoms with E-state index in [0.29, 0.717) is 0 Å². The van der Waals surface area contributed by atoms with E-state index in [-0.39, 0.29) is 5.92 Å². The van der Waals surface area contributed by atoms with Crippen LogP contribution in [0.1, 0.15) is 26.2 Å². The van der Waals surface area contributed by atoms with Gasteiger partial charge in [-0.15, -0.1) is 0 Å². The van der Waals surface area contributed by atoms with Gasteiger partial charge >= 0.3 is 0 Å². The number of hydrogen-bond donors (Lipinski definition) is 0. The summed E-state index contributed by atoms with van der Waals surface area (Å²) in [6.07, 6.45) is 5.74. The first kappa shape index (κ1) is 5.80. The first-order valence-corrected chi connectivity index (χ1v) is 3.20. The fraction of sp³-hybridized carbons (Fsp3) is 0.857. The Bertz CT molecular complexity index is 84.4. The van der Waals surface area contributed by atoms with E-state index in [1.54, 1.807) is 0 Å². The highest BCUT2D eigenvalue weighted by Gasteiger charge is 2.23. The Morgan fingerprint density at radius 2 is 2.38 bits per heavy atom. The van der Waals surface area contributed by atoms with Crippen LogP contribution in [0.5, 0.6) is 0 Å². The van der Waals surface area contributed by atoms with Gasteiger partial charge in [0.05, 0.1) is 0 Å². The molecule has 1 aliphatic carbocycles. The summed E-state index contributed by atoms with van der Waals surface area (Å²) in [7, 11) is 0. The average Bonchev–Trinajstić information content (AvgIpc) is 2.50. The molecule has 0 aromatic rings. The van der Waals surface area contributed by atoms with Gasteiger partial charge in [-0.25, -0.2) is 0 Å². The minimum absolute atomic E-state index is 0.183. The molecule has 0 aromatic carbocycles. The highest BCUT2D eigenvalue weighted by molar-refractivity contribution is 5.53. The molecule has 1 nitrogen and oxygen atoms in total. The van der Waals surface area contributed by atoms with E-state index in [0.717, 1.165) is 12.3 Å². The molecule has 1 unspecified atom stereocenters. The lowest BCUT2D eigenvalue weighted by Crippen LogP contribution is -1.95. The molecule has 0 bridgehead atoms. The van der Waals surface area contributed by atoms with Crippen molar-refractivity contribution in [3.8, 4) is 0 Å². The van der Waals surface area contributed by atoms with E-state index in [2.05, 4.69) is 0 Å². The molecule has 0 aliphatic heterocycles. The van der Waals surface area contributed by atoms with Crippen molar-refractivity contribution < 1.29 is 4.79 Å². The van der Waals surface area contributed by atoms with Gasteiger partial charge in [-0.3, -0.25) is 4.79 Å². The summed E-state index contributed by atoms with van der Waals surface area (Å²) >= 11 is 0. The SMILES string of the molecule is CC([C]=O)CC1CC1. The molecule has 1 rings (SSSR count). The third-order valence-corrected chi connectivity index (χ3v) is 1.58. The Morgan fingerprint density at radius 3 is 2.75 bits per heavy atom. The molecule has 8 heavy (non-hydrogen) atoms. The standard InChI is InChI=1S/C7H11O/c1-6(5-8)4-7-2-3-7/h6-7H,2-4H2,1H3. The Morgan fingerprint density at radius 1 is 1.75 bits per heavy atom. The summed E-state index contributed by atoms with van der Waals surface area (Å²) in [4.78, 5) is 9.94. The van der Waals surface area contributed by atoms with Crippen LogP contribution in [0.3, 0.4) is 0 Å². The minimum atomic E-state index is 0.183. The minimum Gasteiger partial charge on any atom is -0.291 e. The van der Waals surface area contributed by atoms with Crippen LogP contribution in [0, 0.1) is 11.8 Å². The normalized spacial score (nSPS) is 22.6. The van der Waals surface area contributed by atoms with Gasteiger partial charge in [0.15, 0.2) is 0 Å². The van der Waals surface area contributed by atoms with Gasteiger partial charge in [-0.2, -0.15) is 0 Å². The van der Waals surface area contributed by atoms with Gasteiger partial charge < -0.3 is 0 Å². The van der Waals surface area contributed by atoms with Gasteiger partial charge in [-0.1, -0.05) is 19.8 Å². The number of carbonyl (C=O) groups excluding carboxylic acids is 1. The lowest BCUT2D eigenvalue weighted by Gasteiger charge is -1.95. The predicted octanol–water partition coefficient (Wildman–Crippen LogP) is 1.53. The van der Waals surface area contributed by atoms with Crippen LogP contribution < -0.4 is 0 Å². The average molecular weight is 111 g/mol. The zero-order valence-electron chi connectivity index (χ0n) is 5.18. The molecular weight excluding hydrogens is 100 g/mol. The van der Waals surface area contributed by atoms with E-state index in [1.807, 2.05) is 13.2 Å². The van der Waals surface area contributed by atoms with Gasteiger partial charge in [0, 0.05) is 5.92 Å². The van der Waals surface area contributed by atoms with E-state index >= 15 is 0 Å². The molecule has 0 saturated heterocycles. The topological polar surface area (TPSA) is 17.1 Å². The summed E-state index contributed by atoms with van der Waals surface area (Å²) in [5, 5.41) is 0. The Hall–Kier alpha value is -0.330. The Balaban J connectivity index is 2.06. The second-order valence-electron chi connectivity index (χ2n) is 2.70. The molecule has 0 N–H and O–H groups in total. The zero-order chi connectivity index (χ0) is 5.98. The fourth-order valence-corrected chi connectivity index (χ4v) is 0.902. The maximum atomic E-state index is 9.94. The van der Waals surface area contributed by atoms with Gasteiger partial charge in [-0.05, 0) is 12.3 Å². The van der Waals surface area contributed by atoms with Crippen LogP contribution in [0.2, 0.25) is 0 Å². The van der Waals surface area contributed by atoms with Crippen LogP contribution in [0.15, 0.2) is 0 Å². The maximum Gasteiger partial charge on any atom is 0.201 e. The molecule has 1 heteroatoms. The molecule has 0 aromatic heterocycles. The maximum absolute atomic E-state index is 9.94. The van der Waals surface area contributed by atoms with Crippen molar-refractivity contribution in [2.45, 2.75) is 26.2 Å². The number of hydrogen-bond acceptors (Lipinski definition) is 1. The lowest BCUT2D eigenvalue weighted by molar-refractivity contribution is 0.508. The van der Waals surface area contributed by atoms with Crippen LogP contribution in [0.4, 0.5) is 0 Å². The highest BCUT2D eigenvalue weighted by atomic mass is 16.1. The first-order valence-electron chi connectivity index (χ1n) is 3.20. The van der Waals surface area contributed by atoms with Crippen molar-refractivity contribution in [3.05, 3.63) is 0 Å². The van der Waals surface area contributed by atoms with Crippen molar-refractivity contribution in [1.82, 2.24) is 0 Å². The van der Waals surface area contributed by atoms with Crippen molar-refractivity contribution >= 4 is 6.29 Å². The molecule has 1 saturated carbocycles. The van der Waals surface area contributed by atoms with E-state index in [9.17, 15) is 4.79 Å². The van der Waals surface area contributed by atoms with Crippen LogP contribution in [0.25, 0.3) is 0 Å². The monoisotopic (exact) mass is 111 g/mol. The smallest absolute Gasteiger partial charge is 0.201 e. The van der Waals surface area contributed by atoms with Crippen LogP contribution >= 0.6 is 0 Å². The van der Waals surface area contributed by atoms with Gasteiger partial charge in [0.25, 0.3) is 0 Å². The molecule has 1 radical (unpaired) electrons. The molecule has 0 spiro atoms. The van der Waals surface area contributed by atoms with Gasteiger partial charge in [0.2, 0.25) is 6.29 Å². The molecule has 0 amide bonds. The summed E-state index contributed by atoms with van der Waals surface area (Å²) in [6.45, 7) is 1.94. The van der Waals surface area contributed by atoms with E-state index in [4.69, 9.17) is 0 Å². The quantitative estimate of drug-likeness (QED) is 0.539. The summed E-state index contributed by atoms with van der Waals surface area (Å²) in [6, 6.07) is 0. The third-order valence-electron chi connectivity index (χ3n) is 1.58. The summed E-state index contributed by atoms with van der Waals surface area (Å²) < 4.78 is 0. The molecule has 0 heterocycles. The second kappa shape index (κ2) is 2.29. The number of rotatable bonds is 3. The van der Waals surface area contributed by atoms with E-state index < -0.39 is 0 Å². The molecule has 1 fully saturated rings. The van der Waals surface area contributed by atoms with Crippen LogP contribution in [-0.2, 0) is 4.79 Å². The van der Waals surface area contributed by atoms with Crippen molar-refractivity contribution in [2.24, 2.45) is 11.8 Å². The molecule has 1 atom stereocenters. The fourth-order valence-electron chi connectivity index (χ4n) is 0.902. The molecular formula is C7H11O. The third kappa shape index (κ3) is 1.65. The Kier molecular flexibility index (Phi) is 1.66. The first-order chi connectivity index (χ1) is 3.83. The van der Waals surface area contributed by atoms with Crippen LogP contribution in [-0.4, -0.2) is 6.29 Å². The lowest BCUT2D eigenvalue weighted by atomic mass is 10.1. The Labute approximate surface area is 50.1 Å². The van der Waals surface area contributed by atoms with Crippen molar-refractivity contribution in [2.75, 3.05) is 0 Å². The summed E-state index contributed by atoms with van der Waals surface area (Å²) in [5.41, 5.74) is 0.